The summed E-state index contributed by atoms with van der Waals surface area (Å²) in [5, 5.41) is 21.0. The minimum absolute atomic E-state index is 0.0935. The number of anilines is 1. The third-order valence-corrected chi connectivity index (χ3v) is 7.17. The van der Waals surface area contributed by atoms with Crippen molar-refractivity contribution in [1.82, 2.24) is 24.6 Å². The maximum Gasteiger partial charge on any atom is 0.208 e. The van der Waals surface area contributed by atoms with Crippen LogP contribution in [0.5, 0.6) is 0 Å². The average Bonchev–Trinajstić information content (AvgIpc) is 3.46. The molecule has 2 aliphatic heterocycles. The van der Waals surface area contributed by atoms with Crippen molar-refractivity contribution in [2.24, 2.45) is 18.4 Å². The van der Waals surface area contributed by atoms with E-state index in [9.17, 15) is 5.11 Å². The Morgan fingerprint density at radius 2 is 2.04 bits per heavy atom. The zero-order valence-corrected chi connectivity index (χ0v) is 16.7. The Hall–Kier alpha value is -2.29. The molecule has 2 aromatic heterocycles. The van der Waals surface area contributed by atoms with Crippen molar-refractivity contribution in [3.63, 3.8) is 0 Å². The van der Waals surface area contributed by atoms with Crippen LogP contribution in [0.15, 0.2) is 42.7 Å². The number of benzene rings is 1. The number of aryl methyl sites for hydroxylation is 1. The third-order valence-electron chi connectivity index (χ3n) is 6.14. The van der Waals surface area contributed by atoms with Crippen LogP contribution in [0.2, 0.25) is 0 Å². The third kappa shape index (κ3) is 3.01. The van der Waals surface area contributed by atoms with E-state index in [0.29, 0.717) is 5.92 Å². The number of nitrogens with zero attached hydrogens (tertiary/aromatic N) is 6. The molecule has 2 saturated heterocycles. The van der Waals surface area contributed by atoms with Gasteiger partial charge in [-0.05, 0) is 5.92 Å². The van der Waals surface area contributed by atoms with E-state index in [1.54, 1.807) is 11.3 Å². The number of aliphatic hydroxyl groups is 1. The van der Waals surface area contributed by atoms with Crippen molar-refractivity contribution in [3.05, 3.63) is 48.5 Å². The van der Waals surface area contributed by atoms with Crippen LogP contribution < -0.4 is 4.90 Å². The topological polar surface area (TPSA) is 70.3 Å². The number of hydrogen-bond donors (Lipinski definition) is 1. The predicted octanol–water partition coefficient (Wildman–Crippen LogP) is 1.87. The first kappa shape index (κ1) is 17.8. The average molecular weight is 397 g/mol. The summed E-state index contributed by atoms with van der Waals surface area (Å²) in [6.07, 6.45) is 3.82. The lowest BCUT2D eigenvalue weighted by Gasteiger charge is -2.27. The first-order chi connectivity index (χ1) is 13.7. The summed E-state index contributed by atoms with van der Waals surface area (Å²) >= 11 is 1.63. The summed E-state index contributed by atoms with van der Waals surface area (Å²) in [6, 6.07) is 10.2. The molecule has 0 radical (unpaired) electrons. The van der Waals surface area contributed by atoms with E-state index in [-0.39, 0.29) is 12.0 Å². The highest BCUT2D eigenvalue weighted by molar-refractivity contribution is 7.18. The van der Waals surface area contributed by atoms with Gasteiger partial charge in [0.25, 0.3) is 0 Å². The number of likely N-dealkylation sites (tertiary alicyclic amines) is 1. The number of aliphatic hydroxyl groups excluding tert-OH is 1. The van der Waals surface area contributed by atoms with E-state index < -0.39 is 0 Å². The predicted molar refractivity (Wildman–Crippen MR) is 109 cm³/mol. The number of fused-ring (bicyclic) bond motifs is 1. The molecule has 0 saturated carbocycles. The van der Waals surface area contributed by atoms with Crippen LogP contribution in [0.25, 0.3) is 10.6 Å². The van der Waals surface area contributed by atoms with Gasteiger partial charge < -0.3 is 14.6 Å². The second kappa shape index (κ2) is 6.95. The van der Waals surface area contributed by atoms with Crippen molar-refractivity contribution in [2.45, 2.75) is 6.54 Å². The minimum atomic E-state index is -0.0935. The van der Waals surface area contributed by atoms with Gasteiger partial charge in [-0.1, -0.05) is 41.7 Å². The summed E-state index contributed by atoms with van der Waals surface area (Å²) in [7, 11) is 2.03. The van der Waals surface area contributed by atoms with E-state index in [1.165, 1.54) is 0 Å². The monoisotopic (exact) mass is 396 g/mol. The molecule has 0 bridgehead atoms. The maximum atomic E-state index is 10.3. The Balaban J connectivity index is 1.30. The van der Waals surface area contributed by atoms with Gasteiger partial charge in [-0.3, -0.25) is 4.90 Å². The van der Waals surface area contributed by atoms with E-state index in [2.05, 4.69) is 41.7 Å². The van der Waals surface area contributed by atoms with Crippen LogP contribution in [-0.2, 0) is 13.6 Å². The van der Waals surface area contributed by atoms with Gasteiger partial charge >= 0.3 is 0 Å². The summed E-state index contributed by atoms with van der Waals surface area (Å²) in [5.41, 5.74) is 1.01. The Labute approximate surface area is 168 Å². The van der Waals surface area contributed by atoms with Gasteiger partial charge in [0.05, 0.1) is 13.2 Å². The molecule has 0 amide bonds. The molecule has 0 spiro atoms. The smallest absolute Gasteiger partial charge is 0.208 e. The van der Waals surface area contributed by atoms with E-state index in [4.69, 9.17) is 0 Å². The Morgan fingerprint density at radius 1 is 1.18 bits per heavy atom. The molecule has 2 aliphatic rings. The first-order valence-electron chi connectivity index (χ1n) is 9.60. The molecule has 5 rings (SSSR count). The summed E-state index contributed by atoms with van der Waals surface area (Å²) in [4.78, 5) is 9.18. The Kier molecular flexibility index (Phi) is 4.41. The zero-order chi connectivity index (χ0) is 19.1. The lowest BCUT2D eigenvalue weighted by molar-refractivity contribution is 0.125. The number of hydrogen-bond acceptors (Lipinski definition) is 7. The van der Waals surface area contributed by atoms with Crippen LogP contribution in [-0.4, -0.2) is 62.5 Å². The van der Waals surface area contributed by atoms with Crippen LogP contribution in [0, 0.1) is 11.3 Å². The van der Waals surface area contributed by atoms with Gasteiger partial charge in [-0.2, -0.15) is 0 Å². The van der Waals surface area contributed by atoms with Crippen molar-refractivity contribution in [3.8, 4) is 10.6 Å². The van der Waals surface area contributed by atoms with E-state index in [1.807, 2.05) is 37.6 Å². The molecule has 4 heterocycles. The highest BCUT2D eigenvalue weighted by Gasteiger charge is 2.52. The highest BCUT2D eigenvalue weighted by Crippen LogP contribution is 2.45. The normalized spacial score (nSPS) is 24.8. The SMILES string of the molecule is Cn1ccnc1CN1CC2CN(c3nnc(-c4ccccc4)s3)CC2(CO)C1. The maximum absolute atomic E-state index is 10.3. The van der Waals surface area contributed by atoms with Crippen LogP contribution >= 0.6 is 11.3 Å². The quantitative estimate of drug-likeness (QED) is 0.710. The zero-order valence-electron chi connectivity index (χ0n) is 15.9. The van der Waals surface area contributed by atoms with Gasteiger partial charge in [-0.25, -0.2) is 4.98 Å². The molecule has 28 heavy (non-hydrogen) atoms. The molecule has 7 nitrogen and oxygen atoms in total. The summed E-state index contributed by atoms with van der Waals surface area (Å²) in [6.45, 7) is 4.65. The van der Waals surface area contributed by atoms with Gasteiger partial charge in [0.1, 0.15) is 10.8 Å². The van der Waals surface area contributed by atoms with Gasteiger partial charge in [0.2, 0.25) is 5.13 Å². The summed E-state index contributed by atoms with van der Waals surface area (Å²) < 4.78 is 2.07. The van der Waals surface area contributed by atoms with Crippen LogP contribution in [0.3, 0.4) is 0 Å². The second-order valence-corrected chi connectivity index (χ2v) is 8.93. The fourth-order valence-corrected chi connectivity index (χ4v) is 5.43. The molecule has 0 aliphatic carbocycles. The molecular weight excluding hydrogens is 372 g/mol. The highest BCUT2D eigenvalue weighted by atomic mass is 32.1. The number of rotatable bonds is 5. The molecule has 3 aromatic rings. The van der Waals surface area contributed by atoms with Crippen LogP contribution in [0.1, 0.15) is 5.82 Å². The molecule has 146 valence electrons. The molecule has 1 aromatic carbocycles. The number of imidazole rings is 1. The fourth-order valence-electron chi connectivity index (χ4n) is 4.57. The largest absolute Gasteiger partial charge is 0.396 e. The van der Waals surface area contributed by atoms with Crippen molar-refractivity contribution in [1.29, 1.82) is 0 Å². The molecule has 2 fully saturated rings. The number of aromatic nitrogens is 4. The minimum Gasteiger partial charge on any atom is -0.396 e. The van der Waals surface area contributed by atoms with Crippen molar-refractivity contribution >= 4 is 16.5 Å². The fraction of sp³-hybridized carbons (Fsp3) is 0.450. The first-order valence-corrected chi connectivity index (χ1v) is 10.4. The molecule has 8 heteroatoms. The molecule has 1 N–H and O–H groups in total. The standard InChI is InChI=1S/C20H24N6OS/c1-24-8-7-21-17(24)11-25-9-16-10-26(13-20(16,12-25)14-27)19-23-22-18(28-19)15-5-3-2-4-6-15/h2-8,16,27H,9-14H2,1H3. The van der Waals surface area contributed by atoms with Crippen molar-refractivity contribution in [2.75, 3.05) is 37.7 Å². The van der Waals surface area contributed by atoms with Crippen LogP contribution in [0.4, 0.5) is 5.13 Å². The second-order valence-electron chi connectivity index (χ2n) is 7.98. The molecule has 2 atom stereocenters. The lowest BCUT2D eigenvalue weighted by atomic mass is 9.82. The van der Waals surface area contributed by atoms with Crippen molar-refractivity contribution < 1.29 is 5.11 Å². The molecule has 2 unspecified atom stereocenters. The molecular formula is C20H24N6OS. The Morgan fingerprint density at radius 3 is 2.75 bits per heavy atom. The summed E-state index contributed by atoms with van der Waals surface area (Å²) in [5.74, 6) is 1.50. The van der Waals surface area contributed by atoms with E-state index >= 15 is 0 Å². The van der Waals surface area contributed by atoms with E-state index in [0.717, 1.165) is 54.3 Å². The Bertz CT molecular complexity index is 957. The van der Waals surface area contributed by atoms with Gasteiger partial charge in [-0.15, -0.1) is 10.2 Å². The lowest BCUT2D eigenvalue weighted by Crippen LogP contribution is -2.37. The van der Waals surface area contributed by atoms with Gasteiger partial charge in [0, 0.05) is 56.6 Å². The van der Waals surface area contributed by atoms with Gasteiger partial charge in [0.15, 0.2) is 0 Å².